The van der Waals surface area contributed by atoms with Gasteiger partial charge in [-0.2, -0.15) is 4.98 Å². The summed E-state index contributed by atoms with van der Waals surface area (Å²) in [4.78, 5) is 22.6. The molecule has 1 aliphatic rings. The minimum absolute atomic E-state index is 0.0571. The van der Waals surface area contributed by atoms with E-state index < -0.39 is 0 Å². The van der Waals surface area contributed by atoms with Crippen molar-refractivity contribution >= 4 is 28.6 Å². The van der Waals surface area contributed by atoms with E-state index in [-0.39, 0.29) is 5.91 Å². The second kappa shape index (κ2) is 9.40. The highest BCUT2D eigenvalue weighted by Gasteiger charge is 2.17. The number of benzene rings is 1. The molecule has 0 atom stereocenters. The molecule has 0 radical (unpaired) electrons. The summed E-state index contributed by atoms with van der Waals surface area (Å²) in [7, 11) is 0. The molecule has 0 aliphatic carbocycles. The van der Waals surface area contributed by atoms with Gasteiger partial charge in [-0.3, -0.25) is 4.79 Å². The Hall–Kier alpha value is -2.71. The van der Waals surface area contributed by atoms with E-state index in [0.717, 1.165) is 48.9 Å². The lowest BCUT2D eigenvalue weighted by Gasteiger charge is -2.35. The van der Waals surface area contributed by atoms with Crippen LogP contribution in [0.15, 0.2) is 40.2 Å². The third-order valence-electron chi connectivity index (χ3n) is 5.44. The van der Waals surface area contributed by atoms with Crippen LogP contribution < -0.4 is 10.2 Å². The third kappa shape index (κ3) is 4.88. The van der Waals surface area contributed by atoms with Gasteiger partial charge in [-0.05, 0) is 48.7 Å². The zero-order valence-electron chi connectivity index (χ0n) is 17.4. The van der Waals surface area contributed by atoms with Crippen LogP contribution in [-0.4, -0.2) is 53.7 Å². The first-order valence-electron chi connectivity index (χ1n) is 10.4. The lowest BCUT2D eigenvalue weighted by Crippen LogP contribution is -2.46. The van der Waals surface area contributed by atoms with Gasteiger partial charge in [-0.15, -0.1) is 11.3 Å². The van der Waals surface area contributed by atoms with Crippen molar-refractivity contribution in [3.8, 4) is 10.7 Å². The molecule has 7 nitrogen and oxygen atoms in total. The van der Waals surface area contributed by atoms with E-state index in [1.807, 2.05) is 30.5 Å². The minimum Gasteiger partial charge on any atom is -0.369 e. The number of aromatic nitrogens is 2. The van der Waals surface area contributed by atoms with Gasteiger partial charge >= 0.3 is 0 Å². The summed E-state index contributed by atoms with van der Waals surface area (Å²) >= 11 is 1.56. The van der Waals surface area contributed by atoms with Crippen LogP contribution in [0.4, 0.5) is 11.4 Å². The topological polar surface area (TPSA) is 74.5 Å². The van der Waals surface area contributed by atoms with Gasteiger partial charge < -0.3 is 19.6 Å². The van der Waals surface area contributed by atoms with Gasteiger partial charge in [0.05, 0.1) is 4.88 Å². The number of rotatable bonds is 7. The summed E-state index contributed by atoms with van der Waals surface area (Å²) in [6.45, 7) is 9.62. The van der Waals surface area contributed by atoms with E-state index >= 15 is 0 Å². The number of likely N-dealkylation sites (N-methyl/N-ethyl adjacent to an activating group) is 1. The molecule has 1 aliphatic heterocycles. The molecule has 4 rings (SSSR count). The van der Waals surface area contributed by atoms with Gasteiger partial charge in [0.2, 0.25) is 17.6 Å². The highest BCUT2D eigenvalue weighted by Crippen LogP contribution is 2.24. The summed E-state index contributed by atoms with van der Waals surface area (Å²) in [5, 5.41) is 8.96. The van der Waals surface area contributed by atoms with Crippen molar-refractivity contribution in [1.82, 2.24) is 15.0 Å². The van der Waals surface area contributed by atoms with Crippen LogP contribution in [0.2, 0.25) is 0 Å². The van der Waals surface area contributed by atoms with Crippen LogP contribution in [0.3, 0.4) is 0 Å². The highest BCUT2D eigenvalue weighted by molar-refractivity contribution is 7.13. The number of carbonyl (C=O) groups excluding carboxylic acids is 1. The van der Waals surface area contributed by atoms with Crippen LogP contribution >= 0.6 is 11.3 Å². The number of hydrogen-bond acceptors (Lipinski definition) is 7. The molecule has 0 bridgehead atoms. The monoisotopic (exact) mass is 425 g/mol. The van der Waals surface area contributed by atoms with E-state index in [2.05, 4.69) is 44.3 Å². The van der Waals surface area contributed by atoms with Crippen LogP contribution in [0, 0.1) is 6.92 Å². The summed E-state index contributed by atoms with van der Waals surface area (Å²) in [5.41, 5.74) is 3.13. The summed E-state index contributed by atoms with van der Waals surface area (Å²) in [6, 6.07) is 10.1. The van der Waals surface area contributed by atoms with Gasteiger partial charge in [0.1, 0.15) is 0 Å². The van der Waals surface area contributed by atoms with Crippen LogP contribution in [0.1, 0.15) is 24.8 Å². The maximum absolute atomic E-state index is 12.4. The van der Waals surface area contributed by atoms with Gasteiger partial charge in [-0.25, -0.2) is 0 Å². The minimum atomic E-state index is -0.0571. The van der Waals surface area contributed by atoms with Crippen molar-refractivity contribution in [2.24, 2.45) is 0 Å². The molecule has 1 saturated heterocycles. The Morgan fingerprint density at radius 2 is 2.07 bits per heavy atom. The molecule has 0 unspecified atom stereocenters. The molecule has 1 amide bonds. The fourth-order valence-electron chi connectivity index (χ4n) is 3.60. The van der Waals surface area contributed by atoms with Crippen LogP contribution in [0.5, 0.6) is 0 Å². The van der Waals surface area contributed by atoms with Crippen molar-refractivity contribution < 1.29 is 9.32 Å². The molecule has 2 aromatic heterocycles. The van der Waals surface area contributed by atoms with E-state index in [4.69, 9.17) is 4.52 Å². The maximum atomic E-state index is 12.4. The van der Waals surface area contributed by atoms with E-state index in [0.29, 0.717) is 24.6 Å². The van der Waals surface area contributed by atoms with Crippen molar-refractivity contribution in [2.45, 2.75) is 26.7 Å². The molecule has 1 fully saturated rings. The number of nitrogens with zero attached hydrogens (tertiary/aromatic N) is 4. The Bertz CT molecular complexity index is 977. The fraction of sp³-hybridized carbons (Fsp3) is 0.409. The van der Waals surface area contributed by atoms with Crippen LogP contribution in [0.25, 0.3) is 10.7 Å². The fourth-order valence-corrected chi connectivity index (χ4v) is 4.25. The van der Waals surface area contributed by atoms with Gasteiger partial charge in [-0.1, -0.05) is 18.1 Å². The number of thiophene rings is 1. The van der Waals surface area contributed by atoms with Crippen molar-refractivity contribution in [1.29, 1.82) is 0 Å². The van der Waals surface area contributed by atoms with E-state index in [1.54, 1.807) is 11.3 Å². The van der Waals surface area contributed by atoms with Crippen molar-refractivity contribution in [2.75, 3.05) is 42.9 Å². The van der Waals surface area contributed by atoms with Gasteiger partial charge in [0, 0.05) is 50.4 Å². The lowest BCUT2D eigenvalue weighted by molar-refractivity contribution is -0.116. The summed E-state index contributed by atoms with van der Waals surface area (Å²) in [5.74, 6) is 0.997. The van der Waals surface area contributed by atoms with E-state index in [9.17, 15) is 4.79 Å². The third-order valence-corrected chi connectivity index (χ3v) is 6.31. The highest BCUT2D eigenvalue weighted by atomic mass is 32.1. The molecule has 0 saturated carbocycles. The first-order chi connectivity index (χ1) is 14.6. The second-order valence-electron chi connectivity index (χ2n) is 7.46. The standard InChI is InChI=1S/C22H27N5O2S/c1-3-26-10-12-27(13-11-26)17-6-7-18(16(2)15-17)23-20(28)8-9-21-24-22(25-29-21)19-5-4-14-30-19/h4-7,14-15H,3,8-13H2,1-2H3,(H,23,28). The molecule has 1 aromatic carbocycles. The second-order valence-corrected chi connectivity index (χ2v) is 8.41. The molecular formula is C22H27N5O2S. The average molecular weight is 426 g/mol. The SMILES string of the molecule is CCN1CCN(c2ccc(NC(=O)CCc3nc(-c4cccs4)no3)c(C)c2)CC1. The molecule has 3 heterocycles. The summed E-state index contributed by atoms with van der Waals surface area (Å²) < 4.78 is 5.27. The molecule has 8 heteroatoms. The number of aryl methyl sites for hydroxylation is 2. The first kappa shape index (κ1) is 20.6. The Labute approximate surface area is 180 Å². The molecular weight excluding hydrogens is 398 g/mol. The Morgan fingerprint density at radius 3 is 2.77 bits per heavy atom. The largest absolute Gasteiger partial charge is 0.369 e. The number of amides is 1. The Balaban J connectivity index is 1.30. The maximum Gasteiger partial charge on any atom is 0.227 e. The Kier molecular flexibility index (Phi) is 6.44. The van der Waals surface area contributed by atoms with Gasteiger partial charge in [0.25, 0.3) is 0 Å². The van der Waals surface area contributed by atoms with E-state index in [1.165, 1.54) is 5.69 Å². The quantitative estimate of drug-likeness (QED) is 0.620. The normalized spacial score (nSPS) is 14.8. The van der Waals surface area contributed by atoms with Crippen molar-refractivity contribution in [3.63, 3.8) is 0 Å². The first-order valence-corrected chi connectivity index (χ1v) is 11.2. The molecule has 30 heavy (non-hydrogen) atoms. The van der Waals surface area contributed by atoms with Crippen molar-refractivity contribution in [3.05, 3.63) is 47.2 Å². The number of piperazine rings is 1. The molecule has 0 spiro atoms. The van der Waals surface area contributed by atoms with Crippen LogP contribution in [-0.2, 0) is 11.2 Å². The molecule has 3 aromatic rings. The number of hydrogen-bond donors (Lipinski definition) is 1. The Morgan fingerprint density at radius 1 is 1.23 bits per heavy atom. The number of carbonyl (C=O) groups is 1. The zero-order chi connectivity index (χ0) is 20.9. The average Bonchev–Trinajstić information content (AvgIpc) is 3.46. The molecule has 158 valence electrons. The summed E-state index contributed by atoms with van der Waals surface area (Å²) in [6.07, 6.45) is 0.718. The predicted octanol–water partition coefficient (Wildman–Crippen LogP) is 3.82. The van der Waals surface area contributed by atoms with Gasteiger partial charge in [0.15, 0.2) is 0 Å². The molecule has 1 N–H and O–H groups in total. The number of anilines is 2. The smallest absolute Gasteiger partial charge is 0.227 e. The predicted molar refractivity (Wildman–Crippen MR) is 120 cm³/mol. The number of nitrogens with one attached hydrogen (secondary N) is 1. The zero-order valence-corrected chi connectivity index (χ0v) is 18.2. The lowest BCUT2D eigenvalue weighted by atomic mass is 10.1.